The Labute approximate surface area is 178 Å². The summed E-state index contributed by atoms with van der Waals surface area (Å²) < 4.78 is 11.0. The zero-order valence-electron chi connectivity index (χ0n) is 17.9. The lowest BCUT2D eigenvalue weighted by Crippen LogP contribution is -2.22. The standard InChI is InChI=1S/C23H31N3O4/c1-4-29-13-14-30-21-8-6-5-7-20(21)24-16-23(28)26-19-11-9-18(10-12-19)25-22(27)15-17(2)3/h5-12,17,24H,4,13-16H2,1-3H3,(H,25,27)(H,26,28). The van der Waals surface area contributed by atoms with Gasteiger partial charge >= 0.3 is 0 Å². The van der Waals surface area contributed by atoms with Crippen molar-refractivity contribution in [2.45, 2.75) is 27.2 Å². The maximum absolute atomic E-state index is 12.3. The first-order valence-corrected chi connectivity index (χ1v) is 10.2. The molecule has 162 valence electrons. The molecule has 0 unspecified atom stereocenters. The third-order valence-corrected chi connectivity index (χ3v) is 4.06. The Hall–Kier alpha value is -3.06. The highest BCUT2D eigenvalue weighted by Gasteiger charge is 2.08. The van der Waals surface area contributed by atoms with Crippen LogP contribution in [0.1, 0.15) is 27.2 Å². The van der Waals surface area contributed by atoms with Crippen LogP contribution in [0.5, 0.6) is 5.75 Å². The molecule has 0 fully saturated rings. The summed E-state index contributed by atoms with van der Waals surface area (Å²) >= 11 is 0. The third kappa shape index (κ3) is 8.53. The number of carbonyl (C=O) groups is 2. The second-order valence-corrected chi connectivity index (χ2v) is 7.17. The molecule has 0 aliphatic carbocycles. The van der Waals surface area contributed by atoms with Gasteiger partial charge in [-0.25, -0.2) is 0 Å². The van der Waals surface area contributed by atoms with Crippen molar-refractivity contribution in [2.24, 2.45) is 5.92 Å². The van der Waals surface area contributed by atoms with E-state index in [9.17, 15) is 9.59 Å². The van der Waals surface area contributed by atoms with E-state index in [0.717, 1.165) is 5.69 Å². The molecule has 0 radical (unpaired) electrons. The summed E-state index contributed by atoms with van der Waals surface area (Å²) in [5.74, 6) is 0.770. The number of amides is 2. The number of rotatable bonds is 12. The predicted molar refractivity (Wildman–Crippen MR) is 120 cm³/mol. The minimum atomic E-state index is -0.185. The highest BCUT2D eigenvalue weighted by atomic mass is 16.5. The van der Waals surface area contributed by atoms with Gasteiger partial charge in [-0.1, -0.05) is 26.0 Å². The van der Waals surface area contributed by atoms with E-state index in [1.807, 2.05) is 45.0 Å². The maximum atomic E-state index is 12.3. The van der Waals surface area contributed by atoms with Gasteiger partial charge in [-0.15, -0.1) is 0 Å². The van der Waals surface area contributed by atoms with E-state index in [0.29, 0.717) is 49.3 Å². The van der Waals surface area contributed by atoms with Gasteiger partial charge in [0.05, 0.1) is 18.8 Å². The Morgan fingerprint density at radius 3 is 2.17 bits per heavy atom. The lowest BCUT2D eigenvalue weighted by atomic mass is 10.1. The number of hydrogen-bond acceptors (Lipinski definition) is 5. The number of carbonyl (C=O) groups excluding carboxylic acids is 2. The van der Waals surface area contributed by atoms with E-state index in [-0.39, 0.29) is 18.4 Å². The molecule has 2 amide bonds. The van der Waals surface area contributed by atoms with Gasteiger partial charge in [0.2, 0.25) is 11.8 Å². The molecule has 2 aromatic carbocycles. The van der Waals surface area contributed by atoms with Crippen LogP contribution in [-0.4, -0.2) is 38.2 Å². The first-order chi connectivity index (χ1) is 14.5. The largest absolute Gasteiger partial charge is 0.489 e. The monoisotopic (exact) mass is 413 g/mol. The van der Waals surface area contributed by atoms with Crippen molar-refractivity contribution in [3.05, 3.63) is 48.5 Å². The Morgan fingerprint density at radius 2 is 1.53 bits per heavy atom. The first-order valence-electron chi connectivity index (χ1n) is 10.2. The van der Waals surface area contributed by atoms with Crippen LogP contribution in [0.25, 0.3) is 0 Å². The van der Waals surface area contributed by atoms with Crippen LogP contribution in [0.4, 0.5) is 17.1 Å². The van der Waals surface area contributed by atoms with E-state index < -0.39 is 0 Å². The Kier molecular flexibility index (Phi) is 9.67. The molecule has 0 saturated carbocycles. The molecule has 0 aliphatic rings. The number of hydrogen-bond donors (Lipinski definition) is 3. The van der Waals surface area contributed by atoms with Crippen molar-refractivity contribution in [2.75, 3.05) is 42.3 Å². The molecule has 0 atom stereocenters. The van der Waals surface area contributed by atoms with Crippen molar-refractivity contribution < 1.29 is 19.1 Å². The number of ether oxygens (including phenoxy) is 2. The topological polar surface area (TPSA) is 88.7 Å². The van der Waals surface area contributed by atoms with E-state index in [2.05, 4.69) is 16.0 Å². The highest BCUT2D eigenvalue weighted by molar-refractivity contribution is 5.95. The fourth-order valence-electron chi connectivity index (χ4n) is 2.69. The maximum Gasteiger partial charge on any atom is 0.243 e. The van der Waals surface area contributed by atoms with E-state index in [1.54, 1.807) is 24.3 Å². The van der Waals surface area contributed by atoms with Gasteiger partial charge in [-0.3, -0.25) is 9.59 Å². The number of para-hydroxylation sites is 2. The zero-order chi connectivity index (χ0) is 21.8. The van der Waals surface area contributed by atoms with Crippen molar-refractivity contribution >= 4 is 28.9 Å². The van der Waals surface area contributed by atoms with Crippen LogP contribution < -0.4 is 20.7 Å². The molecule has 0 bridgehead atoms. The van der Waals surface area contributed by atoms with Crippen LogP contribution in [0.3, 0.4) is 0 Å². The van der Waals surface area contributed by atoms with Crippen molar-refractivity contribution in [1.29, 1.82) is 0 Å². The summed E-state index contributed by atoms with van der Waals surface area (Å²) in [6, 6.07) is 14.5. The molecule has 30 heavy (non-hydrogen) atoms. The highest BCUT2D eigenvalue weighted by Crippen LogP contribution is 2.23. The number of anilines is 3. The molecule has 0 spiro atoms. The average molecular weight is 414 g/mol. The molecule has 2 rings (SSSR count). The first kappa shape index (κ1) is 23.2. The molecule has 0 aliphatic heterocycles. The van der Waals surface area contributed by atoms with Gasteiger partial charge in [-0.2, -0.15) is 0 Å². The van der Waals surface area contributed by atoms with Crippen LogP contribution in [0, 0.1) is 5.92 Å². The zero-order valence-corrected chi connectivity index (χ0v) is 17.9. The molecule has 0 heterocycles. The molecular formula is C23H31N3O4. The number of nitrogens with one attached hydrogen (secondary N) is 3. The lowest BCUT2D eigenvalue weighted by Gasteiger charge is -2.13. The second-order valence-electron chi connectivity index (χ2n) is 7.17. The number of benzene rings is 2. The van der Waals surface area contributed by atoms with Gasteiger partial charge in [0.15, 0.2) is 0 Å². The van der Waals surface area contributed by atoms with Crippen LogP contribution in [0.2, 0.25) is 0 Å². The van der Waals surface area contributed by atoms with Crippen LogP contribution in [0.15, 0.2) is 48.5 Å². The molecule has 3 N–H and O–H groups in total. The lowest BCUT2D eigenvalue weighted by molar-refractivity contribution is -0.117. The Morgan fingerprint density at radius 1 is 0.900 bits per heavy atom. The van der Waals surface area contributed by atoms with E-state index in [1.165, 1.54) is 0 Å². The molecule has 2 aromatic rings. The summed E-state index contributed by atoms with van der Waals surface area (Å²) in [6.45, 7) is 7.63. The van der Waals surface area contributed by atoms with E-state index in [4.69, 9.17) is 9.47 Å². The van der Waals surface area contributed by atoms with Crippen molar-refractivity contribution in [3.63, 3.8) is 0 Å². The minimum absolute atomic E-state index is 0.0203. The predicted octanol–water partition coefficient (Wildman–Crippen LogP) is 4.14. The van der Waals surface area contributed by atoms with Gasteiger partial charge in [-0.05, 0) is 49.2 Å². The quantitative estimate of drug-likeness (QED) is 0.455. The fraction of sp³-hybridized carbons (Fsp3) is 0.391. The second kappa shape index (κ2) is 12.5. The SMILES string of the molecule is CCOCCOc1ccccc1NCC(=O)Nc1ccc(NC(=O)CC(C)C)cc1. The van der Waals surface area contributed by atoms with Gasteiger partial charge in [0, 0.05) is 24.4 Å². The Balaban J connectivity index is 1.81. The van der Waals surface area contributed by atoms with E-state index >= 15 is 0 Å². The molecule has 7 nitrogen and oxygen atoms in total. The van der Waals surface area contributed by atoms with Gasteiger partial charge in [0.25, 0.3) is 0 Å². The molecule has 7 heteroatoms. The Bertz CT molecular complexity index is 806. The molecular weight excluding hydrogens is 382 g/mol. The summed E-state index contributed by atoms with van der Waals surface area (Å²) in [5.41, 5.74) is 2.10. The van der Waals surface area contributed by atoms with Gasteiger partial charge < -0.3 is 25.4 Å². The van der Waals surface area contributed by atoms with Crippen molar-refractivity contribution in [1.82, 2.24) is 0 Å². The average Bonchev–Trinajstić information content (AvgIpc) is 2.71. The van der Waals surface area contributed by atoms with Crippen molar-refractivity contribution in [3.8, 4) is 5.75 Å². The fourth-order valence-corrected chi connectivity index (χ4v) is 2.69. The van der Waals surface area contributed by atoms with Crippen LogP contribution in [-0.2, 0) is 14.3 Å². The smallest absolute Gasteiger partial charge is 0.243 e. The van der Waals surface area contributed by atoms with Gasteiger partial charge in [0.1, 0.15) is 12.4 Å². The third-order valence-electron chi connectivity index (χ3n) is 4.06. The summed E-state index contributed by atoms with van der Waals surface area (Å²) in [5, 5.41) is 8.77. The summed E-state index contributed by atoms with van der Waals surface area (Å²) in [6.07, 6.45) is 0.473. The summed E-state index contributed by atoms with van der Waals surface area (Å²) in [7, 11) is 0. The molecule has 0 aromatic heterocycles. The van der Waals surface area contributed by atoms with Crippen LogP contribution >= 0.6 is 0 Å². The summed E-state index contributed by atoms with van der Waals surface area (Å²) in [4.78, 5) is 24.1. The molecule has 0 saturated heterocycles. The normalized spacial score (nSPS) is 10.5. The minimum Gasteiger partial charge on any atom is -0.489 e.